The van der Waals surface area contributed by atoms with Crippen molar-refractivity contribution in [1.29, 1.82) is 0 Å². The minimum absolute atomic E-state index is 0.0174. The van der Waals surface area contributed by atoms with E-state index in [0.717, 1.165) is 54.6 Å². The molecule has 5 aromatic rings. The zero-order valence-electron chi connectivity index (χ0n) is 28.5. The molecule has 2 atom stereocenters. The summed E-state index contributed by atoms with van der Waals surface area (Å²) in [4.78, 5) is 15.7. The van der Waals surface area contributed by atoms with Crippen LogP contribution in [0.3, 0.4) is 0 Å². The van der Waals surface area contributed by atoms with E-state index in [4.69, 9.17) is 11.6 Å². The normalized spacial score (nSPS) is 14.8. The van der Waals surface area contributed by atoms with Gasteiger partial charge in [0.2, 0.25) is 0 Å². The van der Waals surface area contributed by atoms with Gasteiger partial charge in [0.15, 0.2) is 9.79 Å². The topological polar surface area (TPSA) is 90.5 Å². The number of alkyl halides is 3. The van der Waals surface area contributed by atoms with Crippen LogP contribution in [0.4, 0.5) is 24.5 Å². The Bertz CT molecular complexity index is 1960. The van der Waals surface area contributed by atoms with Crippen molar-refractivity contribution in [3.8, 4) is 11.1 Å². The van der Waals surface area contributed by atoms with Crippen molar-refractivity contribution >= 4 is 63.2 Å². The van der Waals surface area contributed by atoms with Crippen molar-refractivity contribution in [3.05, 3.63) is 137 Å². The Morgan fingerprint density at radius 1 is 0.868 bits per heavy atom. The highest BCUT2D eigenvalue weighted by molar-refractivity contribution is 7.99. The van der Waals surface area contributed by atoms with Gasteiger partial charge in [0.1, 0.15) is 22.5 Å². The highest BCUT2D eigenvalue weighted by Gasteiger charge is 2.47. The molecule has 1 saturated heterocycles. The van der Waals surface area contributed by atoms with E-state index in [-0.39, 0.29) is 16.1 Å². The molecule has 1 heterocycles. The van der Waals surface area contributed by atoms with E-state index in [1.807, 2.05) is 66.7 Å². The molecule has 0 saturated carbocycles. The predicted molar refractivity (Wildman–Crippen MR) is 210 cm³/mol. The lowest BCUT2D eigenvalue weighted by atomic mass is 9.87. The molecule has 0 aromatic heterocycles. The number of nitrogens with one attached hydrogen (secondary N) is 2. The molecule has 1 aliphatic rings. The zero-order valence-corrected chi connectivity index (χ0v) is 31.7. The maximum absolute atomic E-state index is 13.6. The van der Waals surface area contributed by atoms with Gasteiger partial charge in [-0.05, 0) is 103 Å². The summed E-state index contributed by atoms with van der Waals surface area (Å²) >= 11 is 2.04. The van der Waals surface area contributed by atoms with Gasteiger partial charge in [0, 0.05) is 46.6 Å². The van der Waals surface area contributed by atoms with E-state index in [0.29, 0.717) is 23.2 Å². The molecule has 0 radical (unpaired) electrons. The van der Waals surface area contributed by atoms with Crippen LogP contribution in [0.1, 0.15) is 28.8 Å². The number of carbonyl (C=O) groups is 1. The largest absolute Gasteiger partial charge is 0.604 e. The number of benzene rings is 5. The summed E-state index contributed by atoms with van der Waals surface area (Å²) in [5.41, 5.74) is -0.115. The standard InChI is InChI=1S/C40H37ClF3N3O3S3/c41-32-14-10-29(11-15-32)36-9-5-4-6-31(36)26-28-20-23-47(24-21-28)33-16-12-30(13-17-33)39(48)46-53(50)35-18-19-37(38(27-35)52(49)40(42,43)44)45-22-25-51-34-7-2-1-3-8-34/h1-19,27-28,45H,20-26H2,(H,46,48). The Morgan fingerprint density at radius 3 is 2.25 bits per heavy atom. The number of thioether (sulfide) groups is 1. The molecule has 1 aliphatic heterocycles. The van der Waals surface area contributed by atoms with Crippen LogP contribution in [0.25, 0.3) is 11.1 Å². The molecule has 1 fully saturated rings. The second-order valence-corrected chi connectivity index (χ2v) is 16.8. The Morgan fingerprint density at radius 2 is 1.55 bits per heavy atom. The highest BCUT2D eigenvalue weighted by atomic mass is 35.5. The van der Waals surface area contributed by atoms with Crippen molar-refractivity contribution in [2.45, 2.75) is 39.5 Å². The maximum atomic E-state index is 13.6. The lowest BCUT2D eigenvalue weighted by Crippen LogP contribution is -2.34. The van der Waals surface area contributed by atoms with Crippen molar-refractivity contribution < 1.29 is 27.1 Å². The average molecular weight is 796 g/mol. The Labute approximate surface area is 323 Å². The number of nitrogens with zero attached hydrogens (tertiary/aromatic N) is 1. The van der Waals surface area contributed by atoms with Gasteiger partial charge in [-0.1, -0.05) is 66.2 Å². The molecule has 5 aromatic carbocycles. The minimum Gasteiger partial charge on any atom is -0.604 e. The van der Waals surface area contributed by atoms with Crippen LogP contribution >= 0.6 is 23.4 Å². The fraction of sp³-hybridized carbons (Fsp3) is 0.225. The molecular formula is C40H37ClF3N3O3S3. The van der Waals surface area contributed by atoms with Gasteiger partial charge >= 0.3 is 5.51 Å². The summed E-state index contributed by atoms with van der Waals surface area (Å²) in [5, 5.41) is 3.63. The van der Waals surface area contributed by atoms with Crippen molar-refractivity contribution in [1.82, 2.24) is 4.72 Å². The number of carbonyl (C=O) groups excluding carboxylic acids is 1. The first kappa shape index (κ1) is 38.9. The van der Waals surface area contributed by atoms with Gasteiger partial charge < -0.3 is 19.3 Å². The Kier molecular flexibility index (Phi) is 13.2. The number of amides is 1. The second kappa shape index (κ2) is 18.0. The van der Waals surface area contributed by atoms with E-state index < -0.39 is 38.8 Å². The van der Waals surface area contributed by atoms with Crippen LogP contribution in [0, 0.1) is 5.92 Å². The molecule has 0 spiro atoms. The fourth-order valence-corrected chi connectivity index (χ4v) is 8.89. The summed E-state index contributed by atoms with van der Waals surface area (Å²) < 4.78 is 68.6. The first-order valence-corrected chi connectivity index (χ1v) is 20.7. The third-order valence-corrected chi connectivity index (χ3v) is 12.5. The van der Waals surface area contributed by atoms with Crippen molar-refractivity contribution in [3.63, 3.8) is 0 Å². The highest BCUT2D eigenvalue weighted by Crippen LogP contribution is 2.36. The van der Waals surface area contributed by atoms with E-state index in [9.17, 15) is 27.1 Å². The summed E-state index contributed by atoms with van der Waals surface area (Å²) in [7, 11) is 0. The summed E-state index contributed by atoms with van der Waals surface area (Å²) in [6, 6.07) is 36.5. The molecule has 0 bridgehead atoms. The number of hydrogen-bond acceptors (Lipinski definition) is 6. The number of rotatable bonds is 13. The number of halogens is 4. The van der Waals surface area contributed by atoms with Gasteiger partial charge in [-0.3, -0.25) is 4.79 Å². The van der Waals surface area contributed by atoms with Crippen LogP contribution in [-0.4, -0.2) is 45.9 Å². The molecular weight excluding hydrogens is 759 g/mol. The summed E-state index contributed by atoms with van der Waals surface area (Å²) in [6.07, 6.45) is 3.00. The van der Waals surface area contributed by atoms with Crippen LogP contribution in [-0.2, 0) is 29.0 Å². The van der Waals surface area contributed by atoms with Crippen LogP contribution < -0.4 is 14.9 Å². The molecule has 6 rings (SSSR count). The Hall–Kier alpha value is -3.78. The molecule has 53 heavy (non-hydrogen) atoms. The van der Waals surface area contributed by atoms with Gasteiger partial charge in [0.05, 0.1) is 11.8 Å². The van der Waals surface area contributed by atoms with Crippen molar-refractivity contribution in [2.75, 3.05) is 35.6 Å². The van der Waals surface area contributed by atoms with E-state index >= 15 is 0 Å². The van der Waals surface area contributed by atoms with E-state index in [2.05, 4.69) is 39.2 Å². The smallest absolute Gasteiger partial charge is 0.578 e. The first-order valence-electron chi connectivity index (χ1n) is 17.0. The molecule has 2 unspecified atom stereocenters. The number of hydrogen-bond donors (Lipinski definition) is 2. The quantitative estimate of drug-likeness (QED) is 0.0701. The monoisotopic (exact) mass is 795 g/mol. The predicted octanol–water partition coefficient (Wildman–Crippen LogP) is 9.75. The molecule has 1 amide bonds. The van der Waals surface area contributed by atoms with Gasteiger partial charge in [0.25, 0.3) is 5.91 Å². The zero-order chi connectivity index (χ0) is 37.4. The third-order valence-electron chi connectivity index (χ3n) is 8.98. The molecule has 276 valence electrons. The van der Waals surface area contributed by atoms with Crippen molar-refractivity contribution in [2.24, 2.45) is 5.92 Å². The van der Waals surface area contributed by atoms with Gasteiger partial charge in [-0.25, -0.2) is 0 Å². The lowest BCUT2D eigenvalue weighted by molar-refractivity contribution is -0.0435. The van der Waals surface area contributed by atoms with Gasteiger partial charge in [-0.15, -0.1) is 24.9 Å². The van der Waals surface area contributed by atoms with Gasteiger partial charge in [-0.2, -0.15) is 4.72 Å². The lowest BCUT2D eigenvalue weighted by Gasteiger charge is -2.34. The number of anilines is 2. The maximum Gasteiger partial charge on any atom is 0.578 e. The molecule has 13 heteroatoms. The van der Waals surface area contributed by atoms with E-state index in [1.54, 1.807) is 12.1 Å². The third kappa shape index (κ3) is 10.5. The SMILES string of the molecule is O=C(N[S+]([O-])c1ccc(NCCSc2ccccc2)c([S+]([O-])C(F)(F)F)c1)c1ccc(N2CCC(Cc3ccccc3-c3ccc(Cl)cc3)CC2)cc1. The second-order valence-electron chi connectivity index (χ2n) is 12.5. The molecule has 6 nitrogen and oxygen atoms in total. The first-order chi connectivity index (χ1) is 25.5. The van der Waals surface area contributed by atoms with E-state index in [1.165, 1.54) is 35.0 Å². The molecule has 0 aliphatic carbocycles. The fourth-order valence-electron chi connectivity index (χ4n) is 6.25. The minimum atomic E-state index is -5.03. The average Bonchev–Trinajstić information content (AvgIpc) is 3.17. The Balaban J connectivity index is 1.03. The van der Waals surface area contributed by atoms with Crippen LogP contribution in [0.15, 0.2) is 136 Å². The van der Waals surface area contributed by atoms with Crippen LogP contribution in [0.5, 0.6) is 0 Å². The number of piperidine rings is 1. The molecule has 2 N–H and O–H groups in total. The van der Waals surface area contributed by atoms with Crippen LogP contribution in [0.2, 0.25) is 5.02 Å². The summed E-state index contributed by atoms with van der Waals surface area (Å²) in [6.45, 7) is 2.03. The summed E-state index contributed by atoms with van der Waals surface area (Å²) in [5.74, 6) is 0.424.